The van der Waals surface area contributed by atoms with Crippen molar-refractivity contribution in [1.29, 1.82) is 0 Å². The summed E-state index contributed by atoms with van der Waals surface area (Å²) in [5, 5.41) is 0.131. The minimum absolute atomic E-state index is 0.131. The smallest absolute Gasteiger partial charge is 0.291 e. The molecule has 0 aliphatic heterocycles. The highest BCUT2D eigenvalue weighted by Crippen LogP contribution is 2.17. The monoisotopic (exact) mass is 209 g/mol. The molecule has 0 fully saturated rings. The van der Waals surface area contributed by atoms with Crippen molar-refractivity contribution in [2.24, 2.45) is 4.99 Å². The fourth-order valence-corrected chi connectivity index (χ4v) is 0.559. The molecule has 5 heteroatoms. The second kappa shape index (κ2) is 5.09. The number of ether oxygens (including phenoxy) is 1. The summed E-state index contributed by atoms with van der Waals surface area (Å²) in [7, 11) is 0. The van der Waals surface area contributed by atoms with Crippen molar-refractivity contribution in [3.63, 3.8) is 0 Å². The normalized spacial score (nSPS) is 16.1. The number of rotatable bonds is 5. The van der Waals surface area contributed by atoms with E-state index in [0.29, 0.717) is 0 Å². The van der Waals surface area contributed by atoms with Crippen LogP contribution in [0.25, 0.3) is 0 Å². The fraction of sp³-hybridized carbons (Fsp3) is 0.375. The number of hydrogen-bond donors (Lipinski definition) is 0. The molecular weight excluding hydrogens is 200 g/mol. The maximum Gasteiger partial charge on any atom is 0.347 e. The highest BCUT2D eigenvalue weighted by atomic mass is 35.5. The van der Waals surface area contributed by atoms with Crippen LogP contribution in [-0.2, 0) is 4.74 Å². The van der Waals surface area contributed by atoms with E-state index in [1.165, 1.54) is 6.92 Å². The van der Waals surface area contributed by atoms with Gasteiger partial charge in [-0.3, -0.25) is 9.73 Å². The van der Waals surface area contributed by atoms with E-state index in [1.54, 1.807) is 0 Å². The third-order valence-electron chi connectivity index (χ3n) is 1.17. The average molecular weight is 210 g/mol. The van der Waals surface area contributed by atoms with Crippen molar-refractivity contribution in [3.8, 4) is 0 Å². The van der Waals surface area contributed by atoms with E-state index in [1.807, 2.05) is 0 Å². The standard InChI is InChI=1S/C8H10ClF2NO/c1-4-8(3,13-7(10)11)12-5-6(2)9/h4-5,7H,1-2H2,3H3. The maximum absolute atomic E-state index is 11.8. The minimum Gasteiger partial charge on any atom is -0.291 e. The maximum atomic E-state index is 11.8. The molecule has 74 valence electrons. The van der Waals surface area contributed by atoms with Crippen LogP contribution >= 0.6 is 11.6 Å². The van der Waals surface area contributed by atoms with E-state index in [-0.39, 0.29) is 5.03 Å². The van der Waals surface area contributed by atoms with Gasteiger partial charge in [-0.25, -0.2) is 0 Å². The van der Waals surface area contributed by atoms with Crippen LogP contribution in [0.5, 0.6) is 0 Å². The molecule has 2 nitrogen and oxygen atoms in total. The van der Waals surface area contributed by atoms with Gasteiger partial charge in [-0.15, -0.1) is 0 Å². The molecule has 0 saturated heterocycles. The Morgan fingerprint density at radius 1 is 1.69 bits per heavy atom. The van der Waals surface area contributed by atoms with Crippen LogP contribution in [0.15, 0.2) is 29.3 Å². The summed E-state index contributed by atoms with van der Waals surface area (Å²) in [4.78, 5) is 3.64. The Morgan fingerprint density at radius 2 is 2.23 bits per heavy atom. The van der Waals surface area contributed by atoms with Crippen LogP contribution in [-0.4, -0.2) is 18.6 Å². The van der Waals surface area contributed by atoms with Gasteiger partial charge in [-0.05, 0) is 13.0 Å². The van der Waals surface area contributed by atoms with E-state index in [9.17, 15) is 8.78 Å². The largest absolute Gasteiger partial charge is 0.347 e. The Hall–Kier alpha value is -0.740. The second-order valence-corrected chi connectivity index (χ2v) is 2.83. The summed E-state index contributed by atoms with van der Waals surface area (Å²) < 4.78 is 27.9. The van der Waals surface area contributed by atoms with Gasteiger partial charge >= 0.3 is 6.61 Å². The van der Waals surface area contributed by atoms with Gasteiger partial charge in [0.2, 0.25) is 0 Å². The molecule has 0 bridgehead atoms. The van der Waals surface area contributed by atoms with Gasteiger partial charge in [-0.2, -0.15) is 8.78 Å². The van der Waals surface area contributed by atoms with E-state index in [4.69, 9.17) is 11.6 Å². The second-order valence-electron chi connectivity index (χ2n) is 2.34. The van der Waals surface area contributed by atoms with E-state index >= 15 is 0 Å². The molecular formula is C8H10ClF2NO. The molecule has 0 aromatic heterocycles. The van der Waals surface area contributed by atoms with Crippen LogP contribution in [0.3, 0.4) is 0 Å². The zero-order valence-corrected chi connectivity index (χ0v) is 7.89. The van der Waals surface area contributed by atoms with Crippen LogP contribution in [0.1, 0.15) is 6.92 Å². The highest BCUT2D eigenvalue weighted by Gasteiger charge is 2.23. The van der Waals surface area contributed by atoms with Crippen LogP contribution < -0.4 is 0 Å². The lowest BCUT2D eigenvalue weighted by Crippen LogP contribution is -2.26. The SMILES string of the molecule is C=CC(C)(N=CC(=C)Cl)OC(F)F. The first-order chi connectivity index (χ1) is 5.89. The van der Waals surface area contributed by atoms with Gasteiger partial charge in [0, 0.05) is 6.21 Å². The van der Waals surface area contributed by atoms with Crippen LogP contribution in [0.2, 0.25) is 0 Å². The van der Waals surface area contributed by atoms with Crippen molar-refractivity contribution in [2.45, 2.75) is 19.3 Å². The van der Waals surface area contributed by atoms with Gasteiger partial charge in [0.1, 0.15) is 0 Å². The lowest BCUT2D eigenvalue weighted by atomic mass is 10.3. The molecule has 0 aliphatic carbocycles. The van der Waals surface area contributed by atoms with Gasteiger partial charge in [0.15, 0.2) is 5.72 Å². The predicted molar refractivity (Wildman–Crippen MR) is 49.2 cm³/mol. The van der Waals surface area contributed by atoms with Gasteiger partial charge in [0.25, 0.3) is 0 Å². The van der Waals surface area contributed by atoms with Crippen LogP contribution in [0, 0.1) is 0 Å². The molecule has 0 N–H and O–H groups in total. The molecule has 0 heterocycles. The third kappa shape index (κ3) is 5.49. The molecule has 13 heavy (non-hydrogen) atoms. The summed E-state index contributed by atoms with van der Waals surface area (Å²) in [6.07, 6.45) is 2.28. The molecule has 1 atom stereocenters. The molecule has 0 aliphatic rings. The quantitative estimate of drug-likeness (QED) is 0.504. The van der Waals surface area contributed by atoms with E-state index in [0.717, 1.165) is 12.3 Å². The molecule has 0 spiro atoms. The fourth-order valence-electron chi connectivity index (χ4n) is 0.510. The predicted octanol–water partition coefficient (Wildman–Crippen LogP) is 2.95. The molecule has 0 rings (SSSR count). The van der Waals surface area contributed by atoms with Gasteiger partial charge < -0.3 is 0 Å². The Morgan fingerprint density at radius 3 is 2.54 bits per heavy atom. The summed E-state index contributed by atoms with van der Waals surface area (Å²) in [6.45, 7) is 5.05. The van der Waals surface area contributed by atoms with Crippen molar-refractivity contribution in [1.82, 2.24) is 0 Å². The number of hydrogen-bond acceptors (Lipinski definition) is 2. The van der Waals surface area contributed by atoms with Gasteiger partial charge in [0.05, 0.1) is 5.03 Å². The average Bonchev–Trinajstić information content (AvgIpc) is 2.00. The number of halogens is 3. The van der Waals surface area contributed by atoms with Crippen molar-refractivity contribution in [2.75, 3.05) is 0 Å². The first-order valence-corrected chi connectivity index (χ1v) is 3.76. The Labute approximate surface area is 80.6 Å². The van der Waals surface area contributed by atoms with E-state index < -0.39 is 12.3 Å². The molecule has 0 aromatic carbocycles. The lowest BCUT2D eigenvalue weighted by molar-refractivity contribution is -0.182. The Bertz CT molecular complexity index is 230. The molecule has 0 amide bonds. The summed E-state index contributed by atoms with van der Waals surface area (Å²) >= 11 is 5.36. The first-order valence-electron chi connectivity index (χ1n) is 3.39. The number of allylic oxidation sites excluding steroid dienone is 1. The third-order valence-corrected chi connectivity index (χ3v) is 1.26. The summed E-state index contributed by atoms with van der Waals surface area (Å²) in [6, 6.07) is 0. The van der Waals surface area contributed by atoms with Gasteiger partial charge in [-0.1, -0.05) is 24.8 Å². The van der Waals surface area contributed by atoms with Crippen molar-refractivity contribution >= 4 is 17.8 Å². The molecule has 0 aromatic rings. The molecule has 0 saturated carbocycles. The topological polar surface area (TPSA) is 21.6 Å². The lowest BCUT2D eigenvalue weighted by Gasteiger charge is -2.20. The van der Waals surface area contributed by atoms with Crippen molar-refractivity contribution in [3.05, 3.63) is 24.3 Å². The Balaban J connectivity index is 4.44. The summed E-state index contributed by atoms with van der Waals surface area (Å²) in [5.41, 5.74) is -1.47. The molecule has 1 unspecified atom stereocenters. The molecule has 0 radical (unpaired) electrons. The highest BCUT2D eigenvalue weighted by molar-refractivity contribution is 6.38. The Kier molecular flexibility index (Phi) is 4.80. The number of alkyl halides is 2. The minimum atomic E-state index is -2.91. The van der Waals surface area contributed by atoms with E-state index in [2.05, 4.69) is 22.9 Å². The zero-order chi connectivity index (χ0) is 10.5. The number of nitrogens with zero attached hydrogens (tertiary/aromatic N) is 1. The number of aliphatic imine (C=N–C) groups is 1. The zero-order valence-electron chi connectivity index (χ0n) is 7.14. The first kappa shape index (κ1) is 12.3. The summed E-state index contributed by atoms with van der Waals surface area (Å²) in [5.74, 6) is 0. The van der Waals surface area contributed by atoms with Crippen molar-refractivity contribution < 1.29 is 13.5 Å². The van der Waals surface area contributed by atoms with Crippen LogP contribution in [0.4, 0.5) is 8.78 Å².